The fraction of sp³-hybridized carbons (Fsp3) is 0.481. The number of amides is 4. The van der Waals surface area contributed by atoms with Gasteiger partial charge in [0.25, 0.3) is 5.91 Å². The molecular formula is C27H35N5O3. The topological polar surface area (TPSA) is 109 Å². The smallest absolute Gasteiger partial charge is 0.325 e. The first-order valence-electron chi connectivity index (χ1n) is 12.6. The number of imide groups is 1. The molecule has 8 nitrogen and oxygen atoms in total. The Hall–Kier alpha value is -3.42. The molecule has 1 aromatic heterocycles. The number of rotatable bonds is 7. The van der Waals surface area contributed by atoms with E-state index in [1.54, 1.807) is 25.4 Å². The number of hydrogen-bond donors (Lipinski definition) is 2. The van der Waals surface area contributed by atoms with Gasteiger partial charge in [-0.05, 0) is 61.4 Å². The molecule has 186 valence electrons. The van der Waals surface area contributed by atoms with Crippen LogP contribution in [-0.4, -0.2) is 46.9 Å². The van der Waals surface area contributed by atoms with Crippen LogP contribution >= 0.6 is 0 Å². The lowest BCUT2D eigenvalue weighted by Gasteiger charge is -2.46. The number of likely N-dealkylation sites (tertiary alicyclic amines) is 1. The molecule has 1 aliphatic heterocycles. The zero-order chi connectivity index (χ0) is 24.9. The predicted octanol–water partition coefficient (Wildman–Crippen LogP) is 3.76. The molecule has 2 fully saturated rings. The molecule has 3 atom stereocenters. The van der Waals surface area contributed by atoms with Crippen LogP contribution < -0.4 is 16.0 Å². The number of aromatic nitrogens is 1. The molecular weight excluding hydrogens is 442 g/mol. The first-order valence-corrected chi connectivity index (χ1v) is 12.6. The predicted molar refractivity (Wildman–Crippen MR) is 136 cm³/mol. The van der Waals surface area contributed by atoms with E-state index in [4.69, 9.17) is 5.73 Å². The number of nitrogens with two attached hydrogens (primary N) is 1. The summed E-state index contributed by atoms with van der Waals surface area (Å²) >= 11 is 0. The first kappa shape index (κ1) is 24.7. The van der Waals surface area contributed by atoms with Crippen LogP contribution in [0.15, 0.2) is 48.7 Å². The molecule has 1 saturated carbocycles. The summed E-state index contributed by atoms with van der Waals surface area (Å²) in [6.07, 6.45) is 8.42. The van der Waals surface area contributed by atoms with Crippen molar-refractivity contribution in [2.24, 2.45) is 11.8 Å². The lowest BCUT2D eigenvalue weighted by Crippen LogP contribution is -2.71. The van der Waals surface area contributed by atoms with E-state index >= 15 is 0 Å². The van der Waals surface area contributed by atoms with Crippen LogP contribution in [-0.2, 0) is 16.0 Å². The second-order valence-electron chi connectivity index (χ2n) is 9.65. The molecule has 1 unspecified atom stereocenters. The van der Waals surface area contributed by atoms with Crippen LogP contribution in [0.2, 0.25) is 0 Å². The highest BCUT2D eigenvalue weighted by Crippen LogP contribution is 2.34. The Labute approximate surface area is 206 Å². The van der Waals surface area contributed by atoms with Crippen LogP contribution in [0.25, 0.3) is 0 Å². The number of hydrogen-bond acceptors (Lipinski definition) is 5. The van der Waals surface area contributed by atoms with Crippen molar-refractivity contribution in [1.82, 2.24) is 15.2 Å². The van der Waals surface area contributed by atoms with Crippen molar-refractivity contribution >= 4 is 29.4 Å². The Morgan fingerprint density at radius 2 is 1.89 bits per heavy atom. The average Bonchev–Trinajstić information content (AvgIpc) is 2.89. The number of β-lactam (4-membered cyclic amide) rings is 1. The van der Waals surface area contributed by atoms with Gasteiger partial charge in [0, 0.05) is 25.0 Å². The number of nitrogens with one attached hydrogen (secondary N) is 1. The normalized spacial score (nSPS) is 21.2. The van der Waals surface area contributed by atoms with Crippen LogP contribution in [0.1, 0.15) is 51.0 Å². The molecule has 1 aromatic carbocycles. The summed E-state index contributed by atoms with van der Waals surface area (Å²) in [4.78, 5) is 46.9. The van der Waals surface area contributed by atoms with Gasteiger partial charge < -0.3 is 16.0 Å². The summed E-state index contributed by atoms with van der Waals surface area (Å²) in [6.45, 7) is 2.06. The van der Waals surface area contributed by atoms with Crippen LogP contribution in [0.5, 0.6) is 0 Å². The largest absolute Gasteiger partial charge is 0.384 e. The van der Waals surface area contributed by atoms with Gasteiger partial charge >= 0.3 is 6.03 Å². The van der Waals surface area contributed by atoms with Gasteiger partial charge in [0.2, 0.25) is 5.91 Å². The molecule has 3 N–H and O–H groups in total. The first-order chi connectivity index (χ1) is 16.9. The Bertz CT molecular complexity index is 1050. The lowest BCUT2D eigenvalue weighted by atomic mass is 9.81. The molecule has 0 spiro atoms. The van der Waals surface area contributed by atoms with Crippen molar-refractivity contribution in [2.45, 2.75) is 64.0 Å². The van der Waals surface area contributed by atoms with E-state index in [0.29, 0.717) is 23.8 Å². The number of carbonyl (C=O) groups is 3. The quantitative estimate of drug-likeness (QED) is 0.590. The Balaban J connectivity index is 1.56. The average molecular weight is 478 g/mol. The fourth-order valence-electron chi connectivity index (χ4n) is 5.43. The van der Waals surface area contributed by atoms with Gasteiger partial charge in [-0.3, -0.25) is 14.5 Å². The molecule has 0 radical (unpaired) electrons. The minimum absolute atomic E-state index is 0.00255. The number of anilines is 2. The van der Waals surface area contributed by atoms with E-state index < -0.39 is 18.0 Å². The van der Waals surface area contributed by atoms with Gasteiger partial charge in [0.1, 0.15) is 11.9 Å². The van der Waals surface area contributed by atoms with Gasteiger partial charge in [0.05, 0.1) is 5.92 Å². The third kappa shape index (κ3) is 5.31. The Morgan fingerprint density at radius 1 is 1.17 bits per heavy atom. The SMILES string of the molecule is CC[C@@H](NC(=O)N1C(=O)C(Cc2ccnc(N)c2)[C@H]1C(=O)N(C)c1ccccc1)C1CCCCC1. The second-order valence-corrected chi connectivity index (χ2v) is 9.65. The van der Waals surface area contributed by atoms with Crippen LogP contribution in [0.4, 0.5) is 16.3 Å². The number of nitrogens with zero attached hydrogens (tertiary/aromatic N) is 3. The number of carbonyl (C=O) groups excluding carboxylic acids is 3. The van der Waals surface area contributed by atoms with Gasteiger partial charge in [0.15, 0.2) is 0 Å². The van der Waals surface area contributed by atoms with Gasteiger partial charge in [-0.15, -0.1) is 0 Å². The summed E-state index contributed by atoms with van der Waals surface area (Å²) in [7, 11) is 1.68. The number of benzene rings is 1. The third-order valence-electron chi connectivity index (χ3n) is 7.43. The molecule has 8 heteroatoms. The van der Waals surface area contributed by atoms with E-state index in [1.807, 2.05) is 30.3 Å². The minimum atomic E-state index is -0.883. The maximum Gasteiger partial charge on any atom is 0.325 e. The highest BCUT2D eigenvalue weighted by atomic mass is 16.2. The number of para-hydroxylation sites is 1. The second kappa shape index (κ2) is 10.9. The molecule has 35 heavy (non-hydrogen) atoms. The van der Waals surface area contributed by atoms with Crippen molar-refractivity contribution in [3.8, 4) is 0 Å². The van der Waals surface area contributed by atoms with Gasteiger partial charge in [-0.2, -0.15) is 0 Å². The van der Waals surface area contributed by atoms with E-state index in [0.717, 1.165) is 29.7 Å². The van der Waals surface area contributed by atoms with E-state index in [-0.39, 0.29) is 17.9 Å². The zero-order valence-corrected chi connectivity index (χ0v) is 20.5. The van der Waals surface area contributed by atoms with E-state index in [1.165, 1.54) is 24.2 Å². The Kier molecular flexibility index (Phi) is 7.68. The number of likely N-dealkylation sites (N-methyl/N-ethyl adjacent to an activating group) is 1. The number of urea groups is 1. The molecule has 4 rings (SSSR count). The number of nitrogen functional groups attached to an aromatic ring is 1. The van der Waals surface area contributed by atoms with Crippen molar-refractivity contribution in [3.05, 3.63) is 54.2 Å². The van der Waals surface area contributed by atoms with E-state index in [2.05, 4.69) is 17.2 Å². The molecule has 1 saturated heterocycles. The van der Waals surface area contributed by atoms with E-state index in [9.17, 15) is 14.4 Å². The third-order valence-corrected chi connectivity index (χ3v) is 7.43. The minimum Gasteiger partial charge on any atom is -0.384 e. The zero-order valence-electron chi connectivity index (χ0n) is 20.5. The summed E-state index contributed by atoms with van der Waals surface area (Å²) in [5.74, 6) is -0.506. The van der Waals surface area contributed by atoms with Gasteiger partial charge in [-0.25, -0.2) is 9.78 Å². The molecule has 2 aliphatic rings. The highest BCUT2D eigenvalue weighted by molar-refractivity contribution is 6.12. The van der Waals surface area contributed by atoms with Crippen molar-refractivity contribution in [3.63, 3.8) is 0 Å². The fourth-order valence-corrected chi connectivity index (χ4v) is 5.43. The monoisotopic (exact) mass is 477 g/mol. The van der Waals surface area contributed by atoms with Crippen LogP contribution in [0.3, 0.4) is 0 Å². The molecule has 2 aromatic rings. The maximum atomic E-state index is 13.6. The highest BCUT2D eigenvalue weighted by Gasteiger charge is 2.55. The molecule has 0 bridgehead atoms. The van der Waals surface area contributed by atoms with Crippen molar-refractivity contribution in [2.75, 3.05) is 17.7 Å². The van der Waals surface area contributed by atoms with Crippen LogP contribution in [0, 0.1) is 11.8 Å². The van der Waals surface area contributed by atoms with Gasteiger partial charge in [-0.1, -0.05) is 44.4 Å². The maximum absolute atomic E-state index is 13.6. The van der Waals surface area contributed by atoms with Crippen molar-refractivity contribution in [1.29, 1.82) is 0 Å². The summed E-state index contributed by atoms with van der Waals surface area (Å²) < 4.78 is 0. The molecule has 1 aliphatic carbocycles. The molecule has 2 heterocycles. The lowest BCUT2D eigenvalue weighted by molar-refractivity contribution is -0.156. The molecule has 4 amide bonds. The summed E-state index contributed by atoms with van der Waals surface area (Å²) in [5.41, 5.74) is 7.33. The summed E-state index contributed by atoms with van der Waals surface area (Å²) in [6, 6.07) is 11.4. The Morgan fingerprint density at radius 3 is 2.54 bits per heavy atom. The summed E-state index contributed by atoms with van der Waals surface area (Å²) in [5, 5.41) is 3.09. The number of pyridine rings is 1. The van der Waals surface area contributed by atoms with Crippen molar-refractivity contribution < 1.29 is 14.4 Å². The standard InChI is InChI=1S/C27H35N5O3/c1-3-22(19-10-6-4-7-11-19)30-27(35)32-24(26(34)31(2)20-12-8-5-9-13-20)21(25(32)33)16-18-14-15-29-23(28)17-18/h5,8-9,12-15,17,19,21-22,24H,3-4,6-7,10-11,16H2,1-2H3,(H2,28,29)(H,30,35)/t21?,22-,24+/m1/s1.